The van der Waals surface area contributed by atoms with E-state index < -0.39 is 0 Å². The third-order valence-electron chi connectivity index (χ3n) is 4.80. The van der Waals surface area contributed by atoms with Crippen LogP contribution in [-0.2, 0) is 19.8 Å². The van der Waals surface area contributed by atoms with Crippen LogP contribution in [0.3, 0.4) is 0 Å². The highest BCUT2D eigenvalue weighted by atomic mass is 16.2. The number of anilines is 1. The van der Waals surface area contributed by atoms with Crippen LogP contribution in [0.4, 0.5) is 5.69 Å². The monoisotopic (exact) mass is 359 g/mol. The van der Waals surface area contributed by atoms with Gasteiger partial charge in [-0.25, -0.2) is 0 Å². The summed E-state index contributed by atoms with van der Waals surface area (Å²) in [5.74, 6) is -0.228. The third kappa shape index (κ3) is 4.84. The Hall–Kier alpha value is -2.37. The van der Waals surface area contributed by atoms with Gasteiger partial charge in [-0.15, -0.1) is 0 Å². The van der Waals surface area contributed by atoms with Gasteiger partial charge in [0.2, 0.25) is 17.7 Å². The number of rotatable bonds is 3. The Labute approximate surface area is 155 Å². The van der Waals surface area contributed by atoms with Crippen molar-refractivity contribution in [2.24, 2.45) is 0 Å². The molecule has 0 unspecified atom stereocenters. The first-order valence-corrected chi connectivity index (χ1v) is 9.01. The molecule has 6 nitrogen and oxygen atoms in total. The molecule has 1 saturated heterocycles. The molecule has 1 fully saturated rings. The average molecular weight is 359 g/mol. The van der Waals surface area contributed by atoms with Gasteiger partial charge in [0.25, 0.3) is 0 Å². The summed E-state index contributed by atoms with van der Waals surface area (Å²) in [5.41, 5.74) is 1.93. The van der Waals surface area contributed by atoms with E-state index in [1.54, 1.807) is 9.80 Å². The van der Waals surface area contributed by atoms with Crippen molar-refractivity contribution in [1.82, 2.24) is 9.80 Å². The number of hydrogen-bond donors (Lipinski definition) is 0. The summed E-state index contributed by atoms with van der Waals surface area (Å²) in [6, 6.07) is 7.79. The zero-order valence-corrected chi connectivity index (χ0v) is 16.4. The first-order valence-electron chi connectivity index (χ1n) is 9.01. The van der Waals surface area contributed by atoms with Crippen LogP contribution in [0.1, 0.15) is 40.2 Å². The van der Waals surface area contributed by atoms with Crippen LogP contribution in [0.15, 0.2) is 24.3 Å². The Bertz CT molecular complexity index is 669. The molecule has 1 aromatic carbocycles. The zero-order chi connectivity index (χ0) is 19.5. The second-order valence-corrected chi connectivity index (χ2v) is 7.79. The second kappa shape index (κ2) is 7.89. The molecule has 1 aliphatic heterocycles. The topological polar surface area (TPSA) is 60.9 Å². The van der Waals surface area contributed by atoms with Crippen molar-refractivity contribution in [2.75, 3.05) is 37.6 Å². The molecule has 0 saturated carbocycles. The molecule has 1 heterocycles. The number of carbonyl (C=O) groups is 3. The number of nitrogens with zero attached hydrogens (tertiary/aromatic N) is 3. The number of piperazine rings is 1. The van der Waals surface area contributed by atoms with Crippen LogP contribution in [0, 0.1) is 0 Å². The molecule has 0 atom stereocenters. The van der Waals surface area contributed by atoms with E-state index in [2.05, 4.69) is 20.8 Å². The van der Waals surface area contributed by atoms with E-state index in [-0.39, 0.29) is 29.7 Å². The van der Waals surface area contributed by atoms with Crippen molar-refractivity contribution in [3.8, 4) is 0 Å². The molecule has 1 aliphatic rings. The summed E-state index contributed by atoms with van der Waals surface area (Å²) >= 11 is 0. The smallest absolute Gasteiger partial charge is 0.242 e. The van der Waals surface area contributed by atoms with Gasteiger partial charge in [0.15, 0.2) is 0 Å². The van der Waals surface area contributed by atoms with Crippen LogP contribution in [0.5, 0.6) is 0 Å². The number of hydrogen-bond acceptors (Lipinski definition) is 3. The molecule has 0 bridgehead atoms. The summed E-state index contributed by atoms with van der Waals surface area (Å²) < 4.78 is 0. The predicted octanol–water partition coefficient (Wildman–Crippen LogP) is 2.03. The van der Waals surface area contributed by atoms with E-state index in [4.69, 9.17) is 0 Å². The highest BCUT2D eigenvalue weighted by molar-refractivity contribution is 5.97. The Morgan fingerprint density at radius 3 is 1.85 bits per heavy atom. The Morgan fingerprint density at radius 1 is 0.923 bits per heavy atom. The minimum Gasteiger partial charge on any atom is -0.339 e. The standard InChI is InChI=1S/C20H29N3O3/c1-15(24)21-10-12-22(13-11-21)19(26)14-23(16(2)25)18-8-6-17(7-9-18)20(3,4)5/h6-9H,10-14H2,1-5H3. The van der Waals surface area contributed by atoms with Crippen molar-refractivity contribution in [1.29, 1.82) is 0 Å². The molecular formula is C20H29N3O3. The first kappa shape index (κ1) is 19.9. The lowest BCUT2D eigenvalue weighted by atomic mass is 9.87. The number of amides is 3. The molecule has 6 heteroatoms. The van der Waals surface area contributed by atoms with Crippen molar-refractivity contribution in [3.63, 3.8) is 0 Å². The summed E-state index contributed by atoms with van der Waals surface area (Å²) in [6.07, 6.45) is 0. The molecule has 0 spiro atoms. The molecule has 0 aliphatic carbocycles. The maximum Gasteiger partial charge on any atom is 0.242 e. The SMILES string of the molecule is CC(=O)N1CCN(C(=O)CN(C(C)=O)c2ccc(C(C)(C)C)cc2)CC1. The summed E-state index contributed by atoms with van der Waals surface area (Å²) in [5, 5.41) is 0. The molecule has 26 heavy (non-hydrogen) atoms. The molecule has 0 aromatic heterocycles. The quantitative estimate of drug-likeness (QED) is 0.830. The lowest BCUT2D eigenvalue weighted by molar-refractivity contribution is -0.137. The Morgan fingerprint density at radius 2 is 1.42 bits per heavy atom. The van der Waals surface area contributed by atoms with Gasteiger partial charge in [0.05, 0.1) is 0 Å². The highest BCUT2D eigenvalue weighted by Crippen LogP contribution is 2.25. The fourth-order valence-electron chi connectivity index (χ4n) is 3.03. The Balaban J connectivity index is 2.05. The third-order valence-corrected chi connectivity index (χ3v) is 4.80. The van der Waals surface area contributed by atoms with Gasteiger partial charge >= 0.3 is 0 Å². The van der Waals surface area contributed by atoms with Gasteiger partial charge in [-0.3, -0.25) is 14.4 Å². The summed E-state index contributed by atoms with van der Waals surface area (Å²) in [7, 11) is 0. The van der Waals surface area contributed by atoms with E-state index in [1.807, 2.05) is 24.3 Å². The largest absolute Gasteiger partial charge is 0.339 e. The molecule has 2 rings (SSSR count). The van der Waals surface area contributed by atoms with Crippen molar-refractivity contribution >= 4 is 23.4 Å². The Kier molecular flexibility index (Phi) is 6.05. The molecular weight excluding hydrogens is 330 g/mol. The van der Waals surface area contributed by atoms with Crippen LogP contribution < -0.4 is 4.90 Å². The van der Waals surface area contributed by atoms with Gasteiger partial charge in [0.1, 0.15) is 6.54 Å². The van der Waals surface area contributed by atoms with Gasteiger partial charge in [-0.1, -0.05) is 32.9 Å². The molecule has 142 valence electrons. The fourth-order valence-corrected chi connectivity index (χ4v) is 3.03. The minimum absolute atomic E-state index is 0.0181. The molecule has 3 amide bonds. The first-order chi connectivity index (χ1) is 12.1. The van der Waals surface area contributed by atoms with E-state index in [9.17, 15) is 14.4 Å². The van der Waals surface area contributed by atoms with Crippen LogP contribution >= 0.6 is 0 Å². The second-order valence-electron chi connectivity index (χ2n) is 7.79. The summed E-state index contributed by atoms with van der Waals surface area (Å²) in [4.78, 5) is 41.1. The maximum absolute atomic E-state index is 12.6. The number of benzene rings is 1. The van der Waals surface area contributed by atoms with E-state index >= 15 is 0 Å². The maximum atomic E-state index is 12.6. The van der Waals surface area contributed by atoms with Crippen LogP contribution in [-0.4, -0.2) is 60.2 Å². The van der Waals surface area contributed by atoms with Gasteiger partial charge < -0.3 is 14.7 Å². The summed E-state index contributed by atoms with van der Waals surface area (Å²) in [6.45, 7) is 11.5. The van der Waals surface area contributed by atoms with E-state index in [0.29, 0.717) is 26.2 Å². The van der Waals surface area contributed by atoms with Crippen molar-refractivity contribution in [3.05, 3.63) is 29.8 Å². The van der Waals surface area contributed by atoms with Crippen LogP contribution in [0.25, 0.3) is 0 Å². The predicted molar refractivity (Wildman–Crippen MR) is 102 cm³/mol. The fraction of sp³-hybridized carbons (Fsp3) is 0.550. The van der Waals surface area contributed by atoms with Gasteiger partial charge in [-0.05, 0) is 23.1 Å². The zero-order valence-electron chi connectivity index (χ0n) is 16.4. The van der Waals surface area contributed by atoms with Gasteiger partial charge in [-0.2, -0.15) is 0 Å². The van der Waals surface area contributed by atoms with Crippen molar-refractivity contribution in [2.45, 2.75) is 40.0 Å². The minimum atomic E-state index is -0.163. The highest BCUT2D eigenvalue weighted by Gasteiger charge is 2.25. The van der Waals surface area contributed by atoms with Crippen molar-refractivity contribution < 1.29 is 14.4 Å². The average Bonchev–Trinajstić information content (AvgIpc) is 2.58. The lowest BCUT2D eigenvalue weighted by Crippen LogP contribution is -2.52. The number of carbonyl (C=O) groups excluding carboxylic acids is 3. The van der Waals surface area contributed by atoms with E-state index in [0.717, 1.165) is 5.69 Å². The lowest BCUT2D eigenvalue weighted by Gasteiger charge is -2.35. The molecule has 0 radical (unpaired) electrons. The van der Waals surface area contributed by atoms with Gasteiger partial charge in [0, 0.05) is 45.7 Å². The molecule has 0 N–H and O–H groups in total. The van der Waals surface area contributed by atoms with E-state index in [1.165, 1.54) is 24.3 Å². The normalized spacial score (nSPS) is 15.0. The van der Waals surface area contributed by atoms with Crippen LogP contribution in [0.2, 0.25) is 0 Å². The molecule has 1 aromatic rings.